The lowest BCUT2D eigenvalue weighted by atomic mass is 10.1. The minimum atomic E-state index is -4.18. The summed E-state index contributed by atoms with van der Waals surface area (Å²) in [4.78, 5) is 0. The molecule has 12 heteroatoms. The van der Waals surface area contributed by atoms with Crippen LogP contribution in [0.5, 0.6) is 0 Å². The molecule has 0 aliphatic carbocycles. The Balaban J connectivity index is 1.41. The fourth-order valence-electron chi connectivity index (χ4n) is 5.22. The molecule has 254 valence electrons. The Morgan fingerprint density at radius 1 is 0.469 bits per heavy atom. The molecule has 6 rings (SSSR count). The summed E-state index contributed by atoms with van der Waals surface area (Å²) in [6.45, 7) is 0.360. The first-order valence-electron chi connectivity index (χ1n) is 15.9. The highest BCUT2D eigenvalue weighted by atomic mass is 31.3. The molecule has 0 radical (unpaired) electrons. The highest BCUT2D eigenvalue weighted by Crippen LogP contribution is 2.74. The second-order valence-electron chi connectivity index (χ2n) is 11.2. The van der Waals surface area contributed by atoms with Crippen LogP contribution < -0.4 is 0 Å². The lowest BCUT2D eigenvalue weighted by Crippen LogP contribution is -2.26. The molecule has 1 aliphatic rings. The van der Waals surface area contributed by atoms with Crippen molar-refractivity contribution in [2.24, 2.45) is 0 Å². The van der Waals surface area contributed by atoms with Gasteiger partial charge in [0.1, 0.15) is 0 Å². The second kappa shape index (κ2) is 17.1. The maximum absolute atomic E-state index is 15.3. The Labute approximate surface area is 289 Å². The Morgan fingerprint density at radius 3 is 1.00 bits per heavy atom. The summed E-state index contributed by atoms with van der Waals surface area (Å²) in [5, 5.41) is 0. The molecule has 0 spiro atoms. The topological polar surface area (TPSA) is 86.8 Å². The van der Waals surface area contributed by atoms with Crippen molar-refractivity contribution < 1.29 is 31.7 Å². The van der Waals surface area contributed by atoms with E-state index >= 15 is 9.13 Å². The first-order valence-corrected chi connectivity index (χ1v) is 20.0. The van der Waals surface area contributed by atoms with Gasteiger partial charge in [0, 0.05) is 20.2 Å². The van der Waals surface area contributed by atoms with Gasteiger partial charge in [0.15, 0.2) is 0 Å². The number of rotatable bonds is 15. The normalized spacial score (nSPS) is 14.7. The SMILES string of the molecule is COP1N(P(=O)(OCc2ccccc2)OCc2ccccc2)Cc2ccccc2CN1P(=O)(OCc1ccccc1)OCc1ccccc1. The van der Waals surface area contributed by atoms with E-state index in [0.717, 1.165) is 33.4 Å². The van der Waals surface area contributed by atoms with Crippen molar-refractivity contribution in [3.63, 3.8) is 0 Å². The van der Waals surface area contributed by atoms with E-state index in [4.69, 9.17) is 22.6 Å². The first kappa shape index (κ1) is 35.5. The number of benzene rings is 5. The molecule has 9 nitrogen and oxygen atoms in total. The molecule has 0 atom stereocenters. The van der Waals surface area contributed by atoms with E-state index in [9.17, 15) is 0 Å². The molecule has 0 bridgehead atoms. The smallest absolute Gasteiger partial charge is 0.334 e. The Hall–Kier alpha value is -3.29. The standard InChI is InChI=1S/C37H39N2O7P3/c1-42-47-38(48(40,43-28-32-16-6-2-7-17-32)44-29-33-18-8-3-9-19-33)26-36-24-14-15-25-37(36)27-39(47)49(41,45-30-34-20-10-4-11-21-34)46-31-35-22-12-5-13-23-35/h2-25H,26-31H2,1H3. The molecular formula is C37H39N2O7P3. The van der Waals surface area contributed by atoms with E-state index in [1.165, 1.54) is 7.11 Å². The van der Waals surface area contributed by atoms with Gasteiger partial charge in [-0.3, -0.25) is 18.1 Å². The van der Waals surface area contributed by atoms with Crippen LogP contribution in [0.3, 0.4) is 0 Å². The van der Waals surface area contributed by atoms with Crippen LogP contribution in [0.15, 0.2) is 146 Å². The monoisotopic (exact) mass is 716 g/mol. The third-order valence-electron chi connectivity index (χ3n) is 7.81. The van der Waals surface area contributed by atoms with E-state index in [0.29, 0.717) is 0 Å². The van der Waals surface area contributed by atoms with E-state index in [1.54, 1.807) is 8.88 Å². The average Bonchev–Trinajstić information content (AvgIpc) is 3.34. The zero-order valence-corrected chi connectivity index (χ0v) is 29.9. The minimum Gasteiger partial charge on any atom is -0.334 e. The highest BCUT2D eigenvalue weighted by molar-refractivity contribution is 7.71. The average molecular weight is 717 g/mol. The van der Waals surface area contributed by atoms with Gasteiger partial charge in [0.25, 0.3) is 0 Å². The summed E-state index contributed by atoms with van der Waals surface area (Å²) in [6, 6.07) is 45.7. The van der Waals surface area contributed by atoms with Gasteiger partial charge in [0.05, 0.1) is 26.4 Å². The third-order valence-corrected chi connectivity index (χ3v) is 14.7. The zero-order valence-electron chi connectivity index (χ0n) is 27.2. The zero-order chi connectivity index (χ0) is 33.9. The predicted octanol–water partition coefficient (Wildman–Crippen LogP) is 10.3. The summed E-state index contributed by atoms with van der Waals surface area (Å²) in [5.41, 5.74) is 5.01. The molecule has 0 fully saturated rings. The second-order valence-corrected chi connectivity index (χ2v) is 17.6. The van der Waals surface area contributed by atoms with Crippen LogP contribution in [0.25, 0.3) is 0 Å². The highest BCUT2D eigenvalue weighted by Gasteiger charge is 2.51. The first-order chi connectivity index (χ1) is 24.0. The third kappa shape index (κ3) is 9.29. The quantitative estimate of drug-likeness (QED) is 0.0983. The Morgan fingerprint density at radius 2 is 0.735 bits per heavy atom. The molecule has 1 heterocycles. The maximum atomic E-state index is 15.3. The van der Waals surface area contributed by atoms with Crippen molar-refractivity contribution in [1.29, 1.82) is 0 Å². The molecular weight excluding hydrogens is 677 g/mol. The van der Waals surface area contributed by atoms with Crippen LogP contribution in [0.2, 0.25) is 0 Å². The minimum absolute atomic E-state index is 0.0185. The molecule has 49 heavy (non-hydrogen) atoms. The lowest BCUT2D eigenvalue weighted by molar-refractivity contribution is 0.151. The predicted molar refractivity (Wildman–Crippen MR) is 192 cm³/mol. The van der Waals surface area contributed by atoms with Gasteiger partial charge in [-0.05, 0) is 33.4 Å². The summed E-state index contributed by atoms with van der Waals surface area (Å²) in [6.07, 6.45) is 0. The number of hydrogen-bond donors (Lipinski definition) is 0. The van der Waals surface area contributed by atoms with E-state index in [-0.39, 0.29) is 39.5 Å². The number of fused-ring (bicyclic) bond motifs is 1. The summed E-state index contributed by atoms with van der Waals surface area (Å²) in [5.74, 6) is 0. The van der Waals surface area contributed by atoms with Crippen molar-refractivity contribution >= 4 is 23.9 Å². The molecule has 1 aliphatic heterocycles. The van der Waals surface area contributed by atoms with Crippen LogP contribution in [0.4, 0.5) is 0 Å². The van der Waals surface area contributed by atoms with Crippen molar-refractivity contribution in [1.82, 2.24) is 8.88 Å². The maximum Gasteiger partial charge on any atom is 0.415 e. The van der Waals surface area contributed by atoms with Crippen LogP contribution in [0, 0.1) is 0 Å². The largest absolute Gasteiger partial charge is 0.415 e. The van der Waals surface area contributed by atoms with E-state index in [1.807, 2.05) is 146 Å². The van der Waals surface area contributed by atoms with E-state index in [2.05, 4.69) is 0 Å². The molecule has 0 N–H and O–H groups in total. The van der Waals surface area contributed by atoms with Gasteiger partial charge >= 0.3 is 15.5 Å². The Kier molecular flexibility index (Phi) is 12.4. The molecule has 5 aromatic rings. The van der Waals surface area contributed by atoms with Crippen molar-refractivity contribution in [3.8, 4) is 0 Å². The molecule has 0 aromatic heterocycles. The lowest BCUT2D eigenvalue weighted by Gasteiger charge is -2.39. The molecule has 0 unspecified atom stereocenters. The Bertz CT molecular complexity index is 1620. The fraction of sp³-hybridized carbons (Fsp3) is 0.189. The molecule has 0 saturated heterocycles. The van der Waals surface area contributed by atoms with Crippen LogP contribution in [-0.2, 0) is 71.3 Å². The number of hydrogen-bond acceptors (Lipinski definition) is 7. The van der Waals surface area contributed by atoms with Crippen LogP contribution >= 0.6 is 23.9 Å². The van der Waals surface area contributed by atoms with Gasteiger partial charge in [-0.2, -0.15) is 0 Å². The van der Waals surface area contributed by atoms with Gasteiger partial charge < -0.3 is 4.52 Å². The van der Waals surface area contributed by atoms with Crippen molar-refractivity contribution in [2.45, 2.75) is 39.5 Å². The fourth-order valence-corrected chi connectivity index (χ4v) is 12.3. The molecule has 0 amide bonds. The van der Waals surface area contributed by atoms with Gasteiger partial charge in [-0.1, -0.05) is 146 Å². The number of nitrogens with zero attached hydrogens (tertiary/aromatic N) is 2. The molecule has 5 aromatic carbocycles. The van der Waals surface area contributed by atoms with Gasteiger partial charge in [0.2, 0.25) is 8.45 Å². The van der Waals surface area contributed by atoms with Crippen molar-refractivity contribution in [3.05, 3.63) is 179 Å². The van der Waals surface area contributed by atoms with Gasteiger partial charge in [-0.25, -0.2) is 9.13 Å². The van der Waals surface area contributed by atoms with Crippen LogP contribution in [0.1, 0.15) is 33.4 Å². The van der Waals surface area contributed by atoms with Crippen LogP contribution in [-0.4, -0.2) is 16.0 Å². The summed E-state index contributed by atoms with van der Waals surface area (Å²) < 4.78 is 65.1. The van der Waals surface area contributed by atoms with E-state index < -0.39 is 23.9 Å². The van der Waals surface area contributed by atoms with Gasteiger partial charge in [-0.15, -0.1) is 8.88 Å². The molecule has 0 saturated carbocycles. The summed E-state index contributed by atoms with van der Waals surface area (Å²) in [7, 11) is -8.99. The van der Waals surface area contributed by atoms with Crippen molar-refractivity contribution in [2.75, 3.05) is 7.11 Å². The summed E-state index contributed by atoms with van der Waals surface area (Å²) >= 11 is 0.